The summed E-state index contributed by atoms with van der Waals surface area (Å²) in [5.74, 6) is -0.0468. The van der Waals surface area contributed by atoms with Crippen molar-refractivity contribution in [3.8, 4) is 5.75 Å². The minimum absolute atomic E-state index is 0.392. The number of aliphatic hydroxyl groups excluding tert-OH is 1. The summed E-state index contributed by atoms with van der Waals surface area (Å²) in [5, 5.41) is 20.0. The van der Waals surface area contributed by atoms with Crippen molar-refractivity contribution in [1.29, 1.82) is 0 Å². The first kappa shape index (κ1) is 14.2. The van der Waals surface area contributed by atoms with E-state index in [0.717, 1.165) is 0 Å². The molecule has 0 amide bonds. The normalized spacial score (nSPS) is 13.6. The average molecular weight is 272 g/mol. The van der Waals surface area contributed by atoms with Gasteiger partial charge in [-0.15, -0.1) is 0 Å². The molecule has 0 fully saturated rings. The lowest BCUT2D eigenvalue weighted by Crippen LogP contribution is -2.38. The number of hydrogen-bond donors (Lipinski definition) is 2. The largest absolute Gasteiger partial charge is 0.497 e. The van der Waals surface area contributed by atoms with Crippen LogP contribution in [0.5, 0.6) is 5.75 Å². The van der Waals surface area contributed by atoms with Gasteiger partial charge in [-0.1, -0.05) is 42.5 Å². The quantitative estimate of drug-likeness (QED) is 0.865. The number of ether oxygens (including phenoxy) is 1. The topological polar surface area (TPSA) is 66.8 Å². The van der Waals surface area contributed by atoms with E-state index in [1.807, 2.05) is 0 Å². The van der Waals surface area contributed by atoms with Gasteiger partial charge in [-0.2, -0.15) is 0 Å². The van der Waals surface area contributed by atoms with Gasteiger partial charge in [0.25, 0.3) is 0 Å². The van der Waals surface area contributed by atoms with Gasteiger partial charge in [0, 0.05) is 0 Å². The van der Waals surface area contributed by atoms with Crippen molar-refractivity contribution >= 4 is 5.78 Å². The van der Waals surface area contributed by atoms with Crippen LogP contribution in [0.25, 0.3) is 0 Å². The summed E-state index contributed by atoms with van der Waals surface area (Å²) < 4.78 is 5.06. The molecule has 2 aromatic carbocycles. The Morgan fingerprint density at radius 1 is 1.05 bits per heavy atom. The zero-order chi connectivity index (χ0) is 14.6. The standard InChI is InChI=1S/C16H16O4/c1-20-14-9-7-13(8-10-14)16(19,15(18)11-17)12-5-3-2-4-6-12/h2-10,17,19H,11H2,1H3. The molecule has 0 aliphatic rings. The van der Waals surface area contributed by atoms with Crippen LogP contribution in [-0.2, 0) is 10.4 Å². The minimum atomic E-state index is -1.86. The maximum Gasteiger partial charge on any atom is 0.198 e. The van der Waals surface area contributed by atoms with E-state index < -0.39 is 18.0 Å². The van der Waals surface area contributed by atoms with E-state index >= 15 is 0 Å². The van der Waals surface area contributed by atoms with Gasteiger partial charge in [0.2, 0.25) is 0 Å². The lowest BCUT2D eigenvalue weighted by atomic mass is 9.83. The second kappa shape index (κ2) is 5.86. The SMILES string of the molecule is COc1ccc(C(O)(C(=O)CO)c2ccccc2)cc1. The minimum Gasteiger partial charge on any atom is -0.497 e. The van der Waals surface area contributed by atoms with Crippen molar-refractivity contribution in [3.63, 3.8) is 0 Å². The van der Waals surface area contributed by atoms with Gasteiger partial charge in [-0.25, -0.2) is 0 Å². The predicted molar refractivity (Wildman–Crippen MR) is 74.5 cm³/mol. The van der Waals surface area contributed by atoms with E-state index in [2.05, 4.69) is 0 Å². The van der Waals surface area contributed by atoms with E-state index in [9.17, 15) is 9.90 Å². The van der Waals surface area contributed by atoms with E-state index in [4.69, 9.17) is 9.84 Å². The maximum atomic E-state index is 12.1. The number of Topliss-reactive ketones (excluding diaryl/α,β-unsaturated/α-hetero) is 1. The summed E-state index contributed by atoms with van der Waals surface area (Å²) in [6.07, 6.45) is 0. The average Bonchev–Trinajstić information content (AvgIpc) is 2.54. The highest BCUT2D eigenvalue weighted by Gasteiger charge is 2.38. The molecular formula is C16H16O4. The van der Waals surface area contributed by atoms with Gasteiger partial charge >= 0.3 is 0 Å². The second-order valence-electron chi connectivity index (χ2n) is 4.39. The molecule has 0 saturated carbocycles. The molecule has 0 aliphatic carbocycles. The predicted octanol–water partition coefficient (Wildman–Crippen LogP) is 1.49. The van der Waals surface area contributed by atoms with Crippen LogP contribution < -0.4 is 4.74 Å². The molecule has 2 N–H and O–H groups in total. The molecule has 0 aliphatic heterocycles. The van der Waals surface area contributed by atoms with Crippen molar-refractivity contribution < 1.29 is 19.7 Å². The molecule has 0 bridgehead atoms. The van der Waals surface area contributed by atoms with Crippen LogP contribution in [0.2, 0.25) is 0 Å². The summed E-state index contributed by atoms with van der Waals surface area (Å²) in [7, 11) is 1.54. The fraction of sp³-hybridized carbons (Fsp3) is 0.188. The van der Waals surface area contributed by atoms with Crippen LogP contribution in [0.15, 0.2) is 54.6 Å². The van der Waals surface area contributed by atoms with Crippen molar-refractivity contribution in [3.05, 3.63) is 65.7 Å². The van der Waals surface area contributed by atoms with E-state index in [1.165, 1.54) is 7.11 Å². The van der Waals surface area contributed by atoms with E-state index in [0.29, 0.717) is 16.9 Å². The molecule has 0 spiro atoms. The summed E-state index contributed by atoms with van der Waals surface area (Å²) in [6.45, 7) is -0.739. The number of rotatable bonds is 5. The fourth-order valence-electron chi connectivity index (χ4n) is 2.11. The van der Waals surface area contributed by atoms with Gasteiger partial charge in [0.1, 0.15) is 12.4 Å². The number of aliphatic hydroxyl groups is 2. The molecule has 20 heavy (non-hydrogen) atoms. The van der Waals surface area contributed by atoms with Gasteiger partial charge in [-0.3, -0.25) is 4.79 Å². The molecule has 2 aromatic rings. The Bertz CT molecular complexity index is 577. The molecule has 0 radical (unpaired) electrons. The highest BCUT2D eigenvalue weighted by Crippen LogP contribution is 2.31. The number of ketones is 1. The smallest absolute Gasteiger partial charge is 0.198 e. The Kier molecular flexibility index (Phi) is 4.17. The first-order valence-corrected chi connectivity index (χ1v) is 6.19. The Balaban J connectivity index is 2.54. The number of benzene rings is 2. The molecule has 4 heteroatoms. The number of carbonyl (C=O) groups excluding carboxylic acids is 1. The first-order chi connectivity index (χ1) is 9.62. The molecule has 1 unspecified atom stereocenters. The van der Waals surface area contributed by atoms with Crippen molar-refractivity contribution in [2.24, 2.45) is 0 Å². The van der Waals surface area contributed by atoms with Gasteiger partial charge in [-0.05, 0) is 23.3 Å². The molecule has 4 nitrogen and oxygen atoms in total. The summed E-state index contributed by atoms with van der Waals surface area (Å²) in [4.78, 5) is 12.1. The lowest BCUT2D eigenvalue weighted by Gasteiger charge is -2.27. The third-order valence-electron chi connectivity index (χ3n) is 3.25. The first-order valence-electron chi connectivity index (χ1n) is 6.19. The second-order valence-corrected chi connectivity index (χ2v) is 4.39. The summed E-state index contributed by atoms with van der Waals surface area (Å²) >= 11 is 0. The Morgan fingerprint density at radius 3 is 2.10 bits per heavy atom. The van der Waals surface area contributed by atoms with Gasteiger partial charge in [0.05, 0.1) is 7.11 Å². The van der Waals surface area contributed by atoms with Gasteiger partial charge in [0.15, 0.2) is 11.4 Å². The van der Waals surface area contributed by atoms with Gasteiger partial charge < -0.3 is 14.9 Å². The highest BCUT2D eigenvalue weighted by atomic mass is 16.5. The van der Waals surface area contributed by atoms with Crippen LogP contribution in [0.1, 0.15) is 11.1 Å². The molecule has 1 atom stereocenters. The zero-order valence-corrected chi connectivity index (χ0v) is 11.1. The molecule has 2 rings (SSSR count). The summed E-state index contributed by atoms with van der Waals surface area (Å²) in [6, 6.07) is 15.1. The van der Waals surface area contributed by atoms with Crippen LogP contribution >= 0.6 is 0 Å². The number of hydrogen-bond acceptors (Lipinski definition) is 4. The number of methoxy groups -OCH3 is 1. The molecular weight excluding hydrogens is 256 g/mol. The van der Waals surface area contributed by atoms with Crippen LogP contribution in [0, 0.1) is 0 Å². The van der Waals surface area contributed by atoms with Crippen LogP contribution in [-0.4, -0.2) is 29.7 Å². The third-order valence-corrected chi connectivity index (χ3v) is 3.25. The zero-order valence-electron chi connectivity index (χ0n) is 11.1. The third kappa shape index (κ3) is 2.43. The van der Waals surface area contributed by atoms with Crippen molar-refractivity contribution in [2.75, 3.05) is 13.7 Å². The lowest BCUT2D eigenvalue weighted by molar-refractivity contribution is -0.137. The maximum absolute atomic E-state index is 12.1. The molecule has 0 aromatic heterocycles. The molecule has 0 saturated heterocycles. The fourth-order valence-corrected chi connectivity index (χ4v) is 2.11. The monoisotopic (exact) mass is 272 g/mol. The Hall–Kier alpha value is -2.17. The molecule has 104 valence electrons. The van der Waals surface area contributed by atoms with E-state index in [-0.39, 0.29) is 0 Å². The Morgan fingerprint density at radius 2 is 1.60 bits per heavy atom. The van der Waals surface area contributed by atoms with E-state index in [1.54, 1.807) is 54.6 Å². The highest BCUT2D eigenvalue weighted by molar-refractivity contribution is 5.92. The van der Waals surface area contributed by atoms with Crippen LogP contribution in [0.3, 0.4) is 0 Å². The summed E-state index contributed by atoms with van der Waals surface area (Å²) in [5.41, 5.74) is -1.05. The van der Waals surface area contributed by atoms with Crippen LogP contribution in [0.4, 0.5) is 0 Å². The Labute approximate surface area is 117 Å². The van der Waals surface area contributed by atoms with Crippen molar-refractivity contribution in [1.82, 2.24) is 0 Å². The molecule has 0 heterocycles. The van der Waals surface area contributed by atoms with Crippen molar-refractivity contribution in [2.45, 2.75) is 5.60 Å². The number of carbonyl (C=O) groups is 1.